The van der Waals surface area contributed by atoms with Crippen LogP contribution in [-0.4, -0.2) is 21.8 Å². The number of amides is 1. The number of aromatic nitrogens is 1. The van der Waals surface area contributed by atoms with Crippen LogP contribution in [0.4, 0.5) is 0 Å². The Morgan fingerprint density at radius 3 is 2.40 bits per heavy atom. The average molecular weight is 463 g/mol. The molecule has 1 heterocycles. The molecule has 0 saturated carbocycles. The van der Waals surface area contributed by atoms with E-state index in [9.17, 15) is 9.90 Å². The van der Waals surface area contributed by atoms with Crippen molar-refractivity contribution in [3.63, 3.8) is 0 Å². The Labute approximate surface area is 161 Å². The first kappa shape index (κ1) is 17.4. The minimum atomic E-state index is -0.308. The molecule has 3 aromatic rings. The van der Waals surface area contributed by atoms with Crippen molar-refractivity contribution in [2.45, 2.75) is 0 Å². The van der Waals surface area contributed by atoms with Gasteiger partial charge in [0.05, 0.1) is 26.4 Å². The van der Waals surface area contributed by atoms with Gasteiger partial charge in [-0.2, -0.15) is 5.10 Å². The quantitative estimate of drug-likeness (QED) is 0.443. The Bertz CT molecular complexity index is 914. The summed E-state index contributed by atoms with van der Waals surface area (Å²) >= 11 is 6.51. The fourth-order valence-electron chi connectivity index (χ4n) is 2.27. The van der Waals surface area contributed by atoms with Crippen LogP contribution in [0, 0.1) is 0 Å². The number of carbonyl (C=O) groups excluding carboxylic acids is 1. The van der Waals surface area contributed by atoms with E-state index in [4.69, 9.17) is 0 Å². The van der Waals surface area contributed by atoms with Gasteiger partial charge in [-0.1, -0.05) is 12.1 Å². The Kier molecular flexibility index (Phi) is 5.35. The number of carbonyl (C=O) groups is 1. The van der Waals surface area contributed by atoms with Crippen LogP contribution >= 0.6 is 31.9 Å². The lowest BCUT2D eigenvalue weighted by molar-refractivity contribution is 0.0955. The van der Waals surface area contributed by atoms with Crippen LogP contribution in [0.3, 0.4) is 0 Å². The number of nitrogens with one attached hydrogen (secondary N) is 1. The van der Waals surface area contributed by atoms with Gasteiger partial charge in [-0.05, 0) is 73.8 Å². The maximum absolute atomic E-state index is 12.4. The first-order chi connectivity index (χ1) is 12.1. The van der Waals surface area contributed by atoms with Gasteiger partial charge >= 0.3 is 0 Å². The molecule has 0 fully saturated rings. The van der Waals surface area contributed by atoms with Gasteiger partial charge in [0.2, 0.25) is 0 Å². The number of hydrogen-bond acceptors (Lipinski definition) is 3. The largest absolute Gasteiger partial charge is 0.506 e. The van der Waals surface area contributed by atoms with Gasteiger partial charge in [0.1, 0.15) is 5.75 Å². The van der Waals surface area contributed by atoms with Crippen molar-refractivity contribution in [1.82, 2.24) is 9.99 Å². The lowest BCUT2D eigenvalue weighted by atomic mass is 10.1. The molecule has 0 bridgehead atoms. The summed E-state index contributed by atoms with van der Waals surface area (Å²) in [5, 5.41) is 13.7. The number of phenolic OH excluding ortho intramolecular Hbond substituents is 1. The van der Waals surface area contributed by atoms with Crippen molar-refractivity contribution in [2.24, 2.45) is 5.10 Å². The van der Waals surface area contributed by atoms with Crippen LogP contribution < -0.4 is 5.43 Å². The third kappa shape index (κ3) is 4.00. The molecular weight excluding hydrogens is 450 g/mol. The molecule has 0 spiro atoms. The van der Waals surface area contributed by atoms with E-state index in [1.165, 1.54) is 6.21 Å². The van der Waals surface area contributed by atoms with Crippen molar-refractivity contribution in [3.05, 3.63) is 81.0 Å². The van der Waals surface area contributed by atoms with E-state index in [0.29, 0.717) is 14.5 Å². The summed E-state index contributed by atoms with van der Waals surface area (Å²) in [4.78, 5) is 12.4. The first-order valence-electron chi connectivity index (χ1n) is 7.30. The van der Waals surface area contributed by atoms with Crippen LogP contribution in [-0.2, 0) is 0 Å². The standard InChI is InChI=1S/C18H13Br2N3O2/c19-14-9-12(10-15(20)17(14)24)11-21-22-18(25)13-5-1-2-6-16(13)23-7-3-4-8-23/h1-11,24H,(H,22,25)/b21-11-. The van der Waals surface area contributed by atoms with Gasteiger partial charge in [0.15, 0.2) is 0 Å². The van der Waals surface area contributed by atoms with E-state index in [1.54, 1.807) is 24.3 Å². The van der Waals surface area contributed by atoms with Crippen LogP contribution in [0.5, 0.6) is 5.75 Å². The molecule has 1 amide bonds. The summed E-state index contributed by atoms with van der Waals surface area (Å²) in [6.45, 7) is 0. The minimum Gasteiger partial charge on any atom is -0.506 e. The zero-order valence-corrected chi connectivity index (χ0v) is 16.0. The molecule has 0 aliphatic carbocycles. The van der Waals surface area contributed by atoms with E-state index >= 15 is 0 Å². The molecule has 2 N–H and O–H groups in total. The molecule has 126 valence electrons. The smallest absolute Gasteiger partial charge is 0.273 e. The maximum Gasteiger partial charge on any atom is 0.273 e. The zero-order chi connectivity index (χ0) is 17.8. The molecule has 0 radical (unpaired) electrons. The van der Waals surface area contributed by atoms with Gasteiger partial charge in [-0.15, -0.1) is 0 Å². The molecular formula is C18H13Br2N3O2. The lowest BCUT2D eigenvalue weighted by Crippen LogP contribution is -2.19. The van der Waals surface area contributed by atoms with Gasteiger partial charge < -0.3 is 9.67 Å². The van der Waals surface area contributed by atoms with Gasteiger partial charge in [0, 0.05) is 12.4 Å². The highest BCUT2D eigenvalue weighted by atomic mass is 79.9. The Balaban J connectivity index is 1.78. The van der Waals surface area contributed by atoms with E-state index in [2.05, 4.69) is 42.4 Å². The Morgan fingerprint density at radius 2 is 1.72 bits per heavy atom. The first-order valence-corrected chi connectivity index (χ1v) is 8.88. The van der Waals surface area contributed by atoms with Crippen molar-refractivity contribution in [2.75, 3.05) is 0 Å². The summed E-state index contributed by atoms with van der Waals surface area (Å²) in [6, 6.07) is 14.5. The maximum atomic E-state index is 12.4. The van der Waals surface area contributed by atoms with E-state index in [1.807, 2.05) is 41.2 Å². The normalized spacial score (nSPS) is 11.0. The SMILES string of the molecule is O=C(N/N=C\c1cc(Br)c(O)c(Br)c1)c1ccccc1-n1cccc1. The zero-order valence-electron chi connectivity index (χ0n) is 12.9. The number of para-hydroxylation sites is 1. The molecule has 7 heteroatoms. The van der Waals surface area contributed by atoms with E-state index in [-0.39, 0.29) is 11.7 Å². The monoisotopic (exact) mass is 461 g/mol. The lowest BCUT2D eigenvalue weighted by Gasteiger charge is -2.09. The second-order valence-electron chi connectivity index (χ2n) is 5.14. The van der Waals surface area contributed by atoms with Crippen molar-refractivity contribution >= 4 is 44.0 Å². The molecule has 5 nitrogen and oxygen atoms in total. The number of aromatic hydroxyl groups is 1. The summed E-state index contributed by atoms with van der Waals surface area (Å²) in [6.07, 6.45) is 5.26. The van der Waals surface area contributed by atoms with Crippen LogP contribution in [0.1, 0.15) is 15.9 Å². The van der Waals surface area contributed by atoms with E-state index < -0.39 is 0 Å². The van der Waals surface area contributed by atoms with Crippen LogP contribution in [0.15, 0.2) is 75.0 Å². The predicted octanol–water partition coefficient (Wildman–Crippen LogP) is 4.47. The summed E-state index contributed by atoms with van der Waals surface area (Å²) in [5.41, 5.74) is 4.54. The fraction of sp³-hybridized carbons (Fsp3) is 0. The number of hydrogen-bond donors (Lipinski definition) is 2. The molecule has 0 aliphatic rings. The van der Waals surface area contributed by atoms with Crippen molar-refractivity contribution < 1.29 is 9.90 Å². The molecule has 0 atom stereocenters. The van der Waals surface area contributed by atoms with Gasteiger partial charge in [-0.3, -0.25) is 4.79 Å². The Hall–Kier alpha value is -2.38. The number of halogens is 2. The number of hydrazone groups is 1. The summed E-state index contributed by atoms with van der Waals surface area (Å²) in [5.74, 6) is -0.195. The highest BCUT2D eigenvalue weighted by Gasteiger charge is 2.11. The van der Waals surface area contributed by atoms with Crippen molar-refractivity contribution in [1.29, 1.82) is 0 Å². The Morgan fingerprint density at radius 1 is 1.08 bits per heavy atom. The highest BCUT2D eigenvalue weighted by molar-refractivity contribution is 9.11. The topological polar surface area (TPSA) is 66.6 Å². The van der Waals surface area contributed by atoms with Gasteiger partial charge in [0.25, 0.3) is 5.91 Å². The summed E-state index contributed by atoms with van der Waals surface area (Å²) in [7, 11) is 0. The molecule has 0 aliphatic heterocycles. The third-order valence-electron chi connectivity index (χ3n) is 3.45. The number of phenols is 1. The minimum absolute atomic E-state index is 0.113. The fourth-order valence-corrected chi connectivity index (χ4v) is 3.49. The van der Waals surface area contributed by atoms with E-state index in [0.717, 1.165) is 11.3 Å². The number of rotatable bonds is 4. The van der Waals surface area contributed by atoms with Gasteiger partial charge in [-0.25, -0.2) is 5.43 Å². The molecule has 3 rings (SSSR count). The molecule has 2 aromatic carbocycles. The molecule has 0 saturated heterocycles. The molecule has 1 aromatic heterocycles. The third-order valence-corrected chi connectivity index (χ3v) is 4.66. The molecule has 0 unspecified atom stereocenters. The van der Waals surface area contributed by atoms with Crippen LogP contribution in [0.2, 0.25) is 0 Å². The summed E-state index contributed by atoms with van der Waals surface area (Å²) < 4.78 is 2.94. The second-order valence-corrected chi connectivity index (χ2v) is 6.85. The predicted molar refractivity (Wildman–Crippen MR) is 104 cm³/mol. The average Bonchev–Trinajstić information content (AvgIpc) is 3.14. The number of benzene rings is 2. The molecule has 25 heavy (non-hydrogen) atoms. The van der Waals surface area contributed by atoms with Crippen molar-refractivity contribution in [3.8, 4) is 11.4 Å². The second kappa shape index (κ2) is 7.67. The highest BCUT2D eigenvalue weighted by Crippen LogP contribution is 2.32. The number of nitrogens with zero attached hydrogens (tertiary/aromatic N) is 2. The van der Waals surface area contributed by atoms with Crippen LogP contribution in [0.25, 0.3) is 5.69 Å².